The molecule has 2 aliphatic rings. The third-order valence-corrected chi connectivity index (χ3v) is 3.96. The highest BCUT2D eigenvalue weighted by Crippen LogP contribution is 2.54. The fourth-order valence-corrected chi connectivity index (χ4v) is 3.25. The Morgan fingerprint density at radius 3 is 2.93 bits per heavy atom. The van der Waals surface area contributed by atoms with Crippen LogP contribution in [0.25, 0.3) is 0 Å². The summed E-state index contributed by atoms with van der Waals surface area (Å²) in [5.41, 5.74) is 0.275. The van der Waals surface area contributed by atoms with Crippen LogP contribution in [0.5, 0.6) is 0 Å². The quantitative estimate of drug-likeness (QED) is 0.731. The van der Waals surface area contributed by atoms with Crippen molar-refractivity contribution in [2.75, 3.05) is 0 Å². The van der Waals surface area contributed by atoms with Gasteiger partial charge < -0.3 is 9.67 Å². The molecule has 2 saturated carbocycles. The Kier molecular flexibility index (Phi) is 1.57. The van der Waals surface area contributed by atoms with Crippen molar-refractivity contribution in [2.24, 2.45) is 18.9 Å². The Morgan fingerprint density at radius 1 is 1.57 bits per heavy atom. The Labute approximate surface area is 83.8 Å². The second-order valence-electron chi connectivity index (χ2n) is 4.93. The van der Waals surface area contributed by atoms with Gasteiger partial charge >= 0.3 is 0 Å². The highest BCUT2D eigenvalue weighted by atomic mass is 16.3. The van der Waals surface area contributed by atoms with Gasteiger partial charge in [0.25, 0.3) is 0 Å². The third-order valence-electron chi connectivity index (χ3n) is 3.96. The van der Waals surface area contributed by atoms with Gasteiger partial charge in [-0.1, -0.05) is 0 Å². The minimum atomic E-state index is -0.607. The van der Waals surface area contributed by atoms with Crippen LogP contribution in [-0.4, -0.2) is 14.7 Å². The highest BCUT2D eigenvalue weighted by Gasteiger charge is 2.51. The number of fused-ring (bicyclic) bond motifs is 2. The Morgan fingerprint density at radius 2 is 2.43 bits per heavy atom. The van der Waals surface area contributed by atoms with Crippen molar-refractivity contribution >= 4 is 0 Å². The first-order chi connectivity index (χ1) is 6.68. The molecule has 0 aromatic carbocycles. The predicted molar refractivity (Wildman–Crippen MR) is 52.6 cm³/mol. The van der Waals surface area contributed by atoms with Gasteiger partial charge in [0.05, 0.1) is 12.0 Å². The number of rotatable bonds is 1. The molecule has 0 amide bonds. The second-order valence-corrected chi connectivity index (χ2v) is 4.93. The summed E-state index contributed by atoms with van der Waals surface area (Å²) in [6.07, 6.45) is 8.35. The van der Waals surface area contributed by atoms with Crippen molar-refractivity contribution in [3.05, 3.63) is 18.2 Å². The minimum absolute atomic E-state index is 0.461. The first-order valence-corrected chi connectivity index (χ1v) is 5.39. The number of aliphatic hydroxyl groups is 1. The lowest BCUT2D eigenvalue weighted by atomic mass is 9.82. The highest BCUT2D eigenvalue weighted by molar-refractivity contribution is 5.16. The smallest absolute Gasteiger partial charge is 0.111 e. The number of hydrogen-bond donors (Lipinski definition) is 1. The van der Waals surface area contributed by atoms with E-state index in [1.807, 2.05) is 17.8 Å². The molecule has 76 valence electrons. The summed E-state index contributed by atoms with van der Waals surface area (Å²) in [6.45, 7) is 0. The molecule has 1 aromatic heterocycles. The SMILES string of the molecule is Cn1cnc(C2(O)CC3CCC2C3)c1. The van der Waals surface area contributed by atoms with Gasteiger partial charge in [0.2, 0.25) is 0 Å². The molecule has 2 fully saturated rings. The molecule has 3 unspecified atom stereocenters. The van der Waals surface area contributed by atoms with Crippen molar-refractivity contribution < 1.29 is 5.11 Å². The molecule has 0 saturated heterocycles. The zero-order valence-electron chi connectivity index (χ0n) is 8.48. The van der Waals surface area contributed by atoms with Gasteiger partial charge in [0.15, 0.2) is 0 Å². The molecule has 1 aromatic rings. The molecule has 0 aliphatic heterocycles. The molecule has 0 radical (unpaired) electrons. The van der Waals surface area contributed by atoms with Crippen molar-refractivity contribution in [1.29, 1.82) is 0 Å². The van der Waals surface area contributed by atoms with E-state index >= 15 is 0 Å². The predicted octanol–water partition coefficient (Wildman–Crippen LogP) is 1.43. The van der Waals surface area contributed by atoms with Crippen LogP contribution >= 0.6 is 0 Å². The molecular formula is C11H16N2O. The first kappa shape index (κ1) is 8.48. The number of aromatic nitrogens is 2. The van der Waals surface area contributed by atoms with E-state index in [1.165, 1.54) is 19.3 Å². The van der Waals surface area contributed by atoms with E-state index in [-0.39, 0.29) is 0 Å². The second kappa shape index (κ2) is 2.60. The van der Waals surface area contributed by atoms with Crippen LogP contribution in [-0.2, 0) is 12.6 Å². The van der Waals surface area contributed by atoms with Gasteiger partial charge in [0, 0.05) is 13.2 Å². The van der Waals surface area contributed by atoms with E-state index in [4.69, 9.17) is 0 Å². The number of hydrogen-bond acceptors (Lipinski definition) is 2. The van der Waals surface area contributed by atoms with Gasteiger partial charge in [-0.3, -0.25) is 0 Å². The van der Waals surface area contributed by atoms with Crippen LogP contribution in [0.15, 0.2) is 12.5 Å². The molecule has 0 spiro atoms. The largest absolute Gasteiger partial charge is 0.383 e. The Hall–Kier alpha value is -0.830. The zero-order valence-corrected chi connectivity index (χ0v) is 8.48. The van der Waals surface area contributed by atoms with Gasteiger partial charge in [-0.05, 0) is 37.5 Å². The molecule has 3 rings (SSSR count). The van der Waals surface area contributed by atoms with Crippen LogP contribution < -0.4 is 0 Å². The lowest BCUT2D eigenvalue weighted by Gasteiger charge is -2.30. The van der Waals surface area contributed by atoms with E-state index in [1.54, 1.807) is 6.33 Å². The van der Waals surface area contributed by atoms with Gasteiger partial charge in [0.1, 0.15) is 5.60 Å². The lowest BCUT2D eigenvalue weighted by Crippen LogP contribution is -2.32. The maximum atomic E-state index is 10.6. The van der Waals surface area contributed by atoms with Crippen LogP contribution in [0.3, 0.4) is 0 Å². The fraction of sp³-hybridized carbons (Fsp3) is 0.727. The molecular weight excluding hydrogens is 176 g/mol. The first-order valence-electron chi connectivity index (χ1n) is 5.39. The average molecular weight is 192 g/mol. The standard InChI is InChI=1S/C11H16N2O/c1-13-6-10(12-7-13)11(14)5-8-2-3-9(11)4-8/h6-9,14H,2-5H2,1H3. The zero-order chi connectivity index (χ0) is 9.76. The third kappa shape index (κ3) is 0.989. The monoisotopic (exact) mass is 192 g/mol. The summed E-state index contributed by atoms with van der Waals surface area (Å²) in [5.74, 6) is 1.20. The van der Waals surface area contributed by atoms with Crippen molar-refractivity contribution in [2.45, 2.75) is 31.3 Å². The topological polar surface area (TPSA) is 38.0 Å². The van der Waals surface area contributed by atoms with Crippen LogP contribution in [0.2, 0.25) is 0 Å². The van der Waals surface area contributed by atoms with Crippen LogP contribution in [0.4, 0.5) is 0 Å². The molecule has 1 heterocycles. The summed E-state index contributed by atoms with van der Waals surface area (Å²) in [6, 6.07) is 0. The maximum Gasteiger partial charge on any atom is 0.111 e. The molecule has 2 bridgehead atoms. The van der Waals surface area contributed by atoms with Gasteiger partial charge in [-0.25, -0.2) is 4.98 Å². The Bertz CT molecular complexity index is 360. The van der Waals surface area contributed by atoms with Crippen molar-refractivity contribution in [3.8, 4) is 0 Å². The van der Waals surface area contributed by atoms with E-state index < -0.39 is 5.60 Å². The molecule has 1 N–H and O–H groups in total. The summed E-state index contributed by atoms with van der Waals surface area (Å²) >= 11 is 0. The molecule has 3 heteroatoms. The van der Waals surface area contributed by atoms with E-state index in [0.717, 1.165) is 18.0 Å². The summed E-state index contributed by atoms with van der Waals surface area (Å²) in [5, 5.41) is 10.6. The number of imidazole rings is 1. The molecule has 3 atom stereocenters. The van der Waals surface area contributed by atoms with Crippen molar-refractivity contribution in [3.63, 3.8) is 0 Å². The number of nitrogens with zero attached hydrogens (tertiary/aromatic N) is 2. The van der Waals surface area contributed by atoms with E-state index in [0.29, 0.717) is 5.92 Å². The Balaban J connectivity index is 1.97. The van der Waals surface area contributed by atoms with Crippen LogP contribution in [0.1, 0.15) is 31.4 Å². The lowest BCUT2D eigenvalue weighted by molar-refractivity contribution is -0.0218. The average Bonchev–Trinajstić information content (AvgIpc) is 2.78. The minimum Gasteiger partial charge on any atom is -0.383 e. The van der Waals surface area contributed by atoms with Crippen LogP contribution in [0, 0.1) is 11.8 Å². The van der Waals surface area contributed by atoms with Gasteiger partial charge in [-0.2, -0.15) is 0 Å². The fourth-order valence-electron chi connectivity index (χ4n) is 3.25. The normalized spacial score (nSPS) is 40.7. The van der Waals surface area contributed by atoms with Crippen molar-refractivity contribution in [1.82, 2.24) is 9.55 Å². The molecule has 3 nitrogen and oxygen atoms in total. The van der Waals surface area contributed by atoms with Gasteiger partial charge in [-0.15, -0.1) is 0 Å². The van der Waals surface area contributed by atoms with E-state index in [9.17, 15) is 5.11 Å². The number of aryl methyl sites for hydroxylation is 1. The summed E-state index contributed by atoms with van der Waals surface area (Å²) in [7, 11) is 1.95. The molecule has 14 heavy (non-hydrogen) atoms. The van der Waals surface area contributed by atoms with E-state index in [2.05, 4.69) is 4.98 Å². The maximum absolute atomic E-state index is 10.6. The molecule has 2 aliphatic carbocycles. The summed E-state index contributed by atoms with van der Waals surface area (Å²) in [4.78, 5) is 4.30. The summed E-state index contributed by atoms with van der Waals surface area (Å²) < 4.78 is 1.92.